The summed E-state index contributed by atoms with van der Waals surface area (Å²) in [6, 6.07) is 9.99. The summed E-state index contributed by atoms with van der Waals surface area (Å²) >= 11 is 0. The molecule has 30 heavy (non-hydrogen) atoms. The van der Waals surface area contributed by atoms with Crippen molar-refractivity contribution in [1.82, 2.24) is 10.1 Å². The number of carbonyl (C=O) groups excluding carboxylic acids is 2. The highest BCUT2D eigenvalue weighted by Crippen LogP contribution is 2.42. The van der Waals surface area contributed by atoms with Crippen LogP contribution >= 0.6 is 0 Å². The van der Waals surface area contributed by atoms with Gasteiger partial charge in [-0.15, -0.1) is 0 Å². The highest BCUT2D eigenvalue weighted by Gasteiger charge is 2.49. The minimum atomic E-state index is -0.786. The van der Waals surface area contributed by atoms with Gasteiger partial charge in [-0.3, -0.25) is 9.59 Å². The molecule has 4 rings (SSSR count). The molecule has 3 atom stereocenters. The molecule has 1 aliphatic heterocycles. The Morgan fingerprint density at radius 2 is 2.03 bits per heavy atom. The molecule has 0 unspecified atom stereocenters. The number of aryl methyl sites for hydroxylation is 1. The van der Waals surface area contributed by atoms with Crippen LogP contribution in [0.2, 0.25) is 0 Å². The third-order valence-corrected chi connectivity index (χ3v) is 6.44. The van der Waals surface area contributed by atoms with E-state index >= 15 is 0 Å². The number of piperidine rings is 1. The second-order valence-corrected chi connectivity index (χ2v) is 8.90. The standard InChI is InChI=1S/C24H30N2O4/c1-4-29-23(28)24(10-5-11-26(15-24)22(27)20-12-17(20)3)14-19-13-21(25-30-19)18-8-6-16(2)7-9-18/h6-9,13,17,20H,4-5,10-12,14-15H2,1-3H3/t17-,20-,24-/m0/s1. The molecule has 2 aliphatic rings. The zero-order valence-electron chi connectivity index (χ0n) is 18.0. The Kier molecular flexibility index (Phi) is 5.67. The number of nitrogens with zero attached hydrogens (tertiary/aromatic N) is 2. The molecule has 160 valence electrons. The lowest BCUT2D eigenvalue weighted by atomic mass is 9.76. The van der Waals surface area contributed by atoms with Gasteiger partial charge in [0, 0.05) is 37.1 Å². The van der Waals surface area contributed by atoms with Crippen LogP contribution < -0.4 is 0 Å². The fraction of sp³-hybridized carbons (Fsp3) is 0.542. The lowest BCUT2D eigenvalue weighted by molar-refractivity contribution is -0.161. The predicted molar refractivity (Wildman–Crippen MR) is 113 cm³/mol. The van der Waals surface area contributed by atoms with Crippen molar-refractivity contribution in [3.8, 4) is 11.3 Å². The molecular formula is C24H30N2O4. The maximum Gasteiger partial charge on any atom is 0.314 e. The van der Waals surface area contributed by atoms with Crippen LogP contribution in [0.5, 0.6) is 0 Å². The van der Waals surface area contributed by atoms with E-state index in [1.54, 1.807) is 0 Å². The van der Waals surface area contributed by atoms with Crippen LogP contribution in [0.1, 0.15) is 44.4 Å². The van der Waals surface area contributed by atoms with Crippen molar-refractivity contribution in [3.05, 3.63) is 41.7 Å². The number of hydrogen-bond donors (Lipinski definition) is 0. The fourth-order valence-corrected chi connectivity index (χ4v) is 4.48. The zero-order valence-corrected chi connectivity index (χ0v) is 18.0. The number of aromatic nitrogens is 1. The van der Waals surface area contributed by atoms with Gasteiger partial charge >= 0.3 is 5.97 Å². The number of carbonyl (C=O) groups is 2. The van der Waals surface area contributed by atoms with Gasteiger partial charge in [0.1, 0.15) is 11.5 Å². The summed E-state index contributed by atoms with van der Waals surface area (Å²) in [6.07, 6.45) is 2.79. The summed E-state index contributed by atoms with van der Waals surface area (Å²) in [6.45, 7) is 7.36. The molecule has 0 bridgehead atoms. The molecule has 6 nitrogen and oxygen atoms in total. The van der Waals surface area contributed by atoms with Crippen LogP contribution in [-0.4, -0.2) is 41.6 Å². The van der Waals surface area contributed by atoms with E-state index in [1.807, 2.05) is 49.1 Å². The zero-order chi connectivity index (χ0) is 21.3. The first-order valence-corrected chi connectivity index (χ1v) is 10.9. The van der Waals surface area contributed by atoms with Crippen molar-refractivity contribution >= 4 is 11.9 Å². The average molecular weight is 411 g/mol. The summed E-state index contributed by atoms with van der Waals surface area (Å²) in [5.41, 5.74) is 2.12. The topological polar surface area (TPSA) is 72.6 Å². The van der Waals surface area contributed by atoms with E-state index < -0.39 is 5.41 Å². The normalized spacial score (nSPS) is 25.8. The molecule has 1 saturated carbocycles. The van der Waals surface area contributed by atoms with E-state index in [-0.39, 0.29) is 17.8 Å². The van der Waals surface area contributed by atoms with Crippen LogP contribution in [0.15, 0.2) is 34.9 Å². The van der Waals surface area contributed by atoms with Gasteiger partial charge in [0.2, 0.25) is 5.91 Å². The van der Waals surface area contributed by atoms with Gasteiger partial charge in [0.15, 0.2) is 0 Å². The lowest BCUT2D eigenvalue weighted by Crippen LogP contribution is -2.52. The number of benzene rings is 1. The van der Waals surface area contributed by atoms with Crippen molar-refractivity contribution in [1.29, 1.82) is 0 Å². The minimum Gasteiger partial charge on any atom is -0.466 e. The van der Waals surface area contributed by atoms with Crippen LogP contribution in [-0.2, 0) is 20.7 Å². The van der Waals surface area contributed by atoms with E-state index in [1.165, 1.54) is 5.56 Å². The first-order chi connectivity index (χ1) is 14.4. The number of esters is 1. The predicted octanol–water partition coefficient (Wildman–Crippen LogP) is 4.02. The van der Waals surface area contributed by atoms with E-state index in [9.17, 15) is 9.59 Å². The number of hydrogen-bond acceptors (Lipinski definition) is 5. The van der Waals surface area contributed by atoms with Gasteiger partial charge in [0.25, 0.3) is 0 Å². The fourth-order valence-electron chi connectivity index (χ4n) is 4.48. The van der Waals surface area contributed by atoms with Crippen molar-refractivity contribution < 1.29 is 18.8 Å². The van der Waals surface area contributed by atoms with Crippen LogP contribution in [0, 0.1) is 24.2 Å². The van der Waals surface area contributed by atoms with Crippen LogP contribution in [0.4, 0.5) is 0 Å². The number of rotatable bonds is 6. The summed E-state index contributed by atoms with van der Waals surface area (Å²) < 4.78 is 11.1. The maximum absolute atomic E-state index is 13.0. The van der Waals surface area contributed by atoms with Crippen LogP contribution in [0.25, 0.3) is 11.3 Å². The second-order valence-electron chi connectivity index (χ2n) is 8.90. The Hall–Kier alpha value is -2.63. The number of likely N-dealkylation sites (tertiary alicyclic amines) is 1. The number of ether oxygens (including phenoxy) is 1. The quantitative estimate of drug-likeness (QED) is 0.673. The molecule has 1 amide bonds. The van der Waals surface area contributed by atoms with Crippen molar-refractivity contribution in [2.75, 3.05) is 19.7 Å². The smallest absolute Gasteiger partial charge is 0.314 e. The highest BCUT2D eigenvalue weighted by molar-refractivity contribution is 5.84. The minimum absolute atomic E-state index is 0.112. The lowest BCUT2D eigenvalue weighted by Gasteiger charge is -2.40. The Labute approximate surface area is 177 Å². The molecule has 2 aromatic rings. The van der Waals surface area contributed by atoms with Gasteiger partial charge in [-0.2, -0.15) is 0 Å². The van der Waals surface area contributed by atoms with E-state index in [0.29, 0.717) is 44.2 Å². The van der Waals surface area contributed by atoms with E-state index in [2.05, 4.69) is 12.1 Å². The molecule has 0 spiro atoms. The molecule has 1 aromatic heterocycles. The van der Waals surface area contributed by atoms with Gasteiger partial charge in [-0.05, 0) is 39.0 Å². The average Bonchev–Trinajstić information content (AvgIpc) is 3.29. The summed E-state index contributed by atoms with van der Waals surface area (Å²) in [4.78, 5) is 27.7. The maximum atomic E-state index is 13.0. The first-order valence-electron chi connectivity index (χ1n) is 10.9. The van der Waals surface area contributed by atoms with Gasteiger partial charge in [0.05, 0.1) is 12.0 Å². The third kappa shape index (κ3) is 4.13. The highest BCUT2D eigenvalue weighted by atomic mass is 16.5. The molecule has 1 saturated heterocycles. The molecule has 0 radical (unpaired) electrons. The Balaban J connectivity index is 1.56. The molecule has 2 fully saturated rings. The largest absolute Gasteiger partial charge is 0.466 e. The Bertz CT molecular complexity index is 920. The monoisotopic (exact) mass is 410 g/mol. The Morgan fingerprint density at radius 3 is 2.70 bits per heavy atom. The van der Waals surface area contributed by atoms with E-state index in [0.717, 1.165) is 24.1 Å². The Morgan fingerprint density at radius 1 is 1.30 bits per heavy atom. The summed E-state index contributed by atoms with van der Waals surface area (Å²) in [7, 11) is 0. The molecule has 1 aromatic carbocycles. The number of amides is 1. The van der Waals surface area contributed by atoms with Gasteiger partial charge in [-0.25, -0.2) is 0 Å². The van der Waals surface area contributed by atoms with E-state index in [4.69, 9.17) is 9.26 Å². The second kappa shape index (κ2) is 8.25. The van der Waals surface area contributed by atoms with Crippen molar-refractivity contribution in [3.63, 3.8) is 0 Å². The van der Waals surface area contributed by atoms with Crippen molar-refractivity contribution in [2.45, 2.75) is 46.5 Å². The molecule has 0 N–H and O–H groups in total. The molecule has 1 aliphatic carbocycles. The summed E-state index contributed by atoms with van der Waals surface area (Å²) in [5, 5.41) is 4.21. The van der Waals surface area contributed by atoms with Gasteiger partial charge in [-0.1, -0.05) is 41.9 Å². The third-order valence-electron chi connectivity index (χ3n) is 6.44. The van der Waals surface area contributed by atoms with Gasteiger partial charge < -0.3 is 14.2 Å². The SMILES string of the molecule is CCOC(=O)[C@]1(Cc2cc(-c3ccc(C)cc3)no2)CCCN(C(=O)[C@H]2C[C@@H]2C)C1. The van der Waals surface area contributed by atoms with Crippen molar-refractivity contribution in [2.24, 2.45) is 17.3 Å². The molecule has 2 heterocycles. The van der Waals surface area contributed by atoms with Crippen LogP contribution in [0.3, 0.4) is 0 Å². The molecule has 6 heteroatoms. The summed E-state index contributed by atoms with van der Waals surface area (Å²) in [5.74, 6) is 1.13. The molecular weight excluding hydrogens is 380 g/mol. The first kappa shape index (κ1) is 20.6.